The molecule has 0 aliphatic heterocycles. The van der Waals surface area contributed by atoms with Crippen molar-refractivity contribution in [1.82, 2.24) is 0 Å². The Morgan fingerprint density at radius 2 is 1.75 bits per heavy atom. The van der Waals surface area contributed by atoms with Gasteiger partial charge >= 0.3 is 0 Å². The number of hydrogen-bond donors (Lipinski definition) is 2. The second-order valence-electron chi connectivity index (χ2n) is 5.77. The van der Waals surface area contributed by atoms with E-state index >= 15 is 0 Å². The lowest BCUT2D eigenvalue weighted by atomic mass is 10.0. The van der Waals surface area contributed by atoms with E-state index in [1.807, 2.05) is 0 Å². The van der Waals surface area contributed by atoms with Crippen LogP contribution in [0.25, 0.3) is 0 Å². The maximum atomic E-state index is 12.3. The molecule has 0 bridgehead atoms. The topological polar surface area (TPSA) is 83.8 Å². The summed E-state index contributed by atoms with van der Waals surface area (Å²) in [5, 5.41) is 19.8. The van der Waals surface area contributed by atoms with Crippen LogP contribution in [-0.2, 0) is 4.79 Å². The van der Waals surface area contributed by atoms with Crippen molar-refractivity contribution >= 4 is 11.6 Å². The van der Waals surface area contributed by atoms with Crippen molar-refractivity contribution in [1.29, 1.82) is 0 Å². The summed E-state index contributed by atoms with van der Waals surface area (Å²) in [7, 11) is 0. The van der Waals surface area contributed by atoms with Gasteiger partial charge in [0.05, 0.1) is 12.0 Å². The molecule has 1 atom stereocenters. The molecule has 0 saturated carbocycles. The molecule has 24 heavy (non-hydrogen) atoms. The normalized spacial score (nSPS) is 12.0. The van der Waals surface area contributed by atoms with E-state index in [2.05, 4.69) is 0 Å². The van der Waals surface area contributed by atoms with Crippen LogP contribution in [-0.4, -0.2) is 28.1 Å². The predicted octanol–water partition coefficient (Wildman–Crippen LogP) is 2.94. The number of aromatic hydroxyl groups is 1. The molecular weight excluding hydrogens is 308 g/mol. The molecule has 5 nitrogen and oxygen atoms in total. The van der Waals surface area contributed by atoms with Crippen LogP contribution >= 0.6 is 0 Å². The van der Waals surface area contributed by atoms with Crippen molar-refractivity contribution in [2.24, 2.45) is 5.92 Å². The molecule has 2 aromatic rings. The van der Waals surface area contributed by atoms with Crippen LogP contribution in [0, 0.1) is 5.92 Å². The quantitative estimate of drug-likeness (QED) is 0.603. The van der Waals surface area contributed by atoms with Crippen LogP contribution in [0.1, 0.15) is 36.2 Å². The average Bonchev–Trinajstić information content (AvgIpc) is 2.55. The van der Waals surface area contributed by atoms with E-state index in [0.717, 1.165) is 0 Å². The minimum absolute atomic E-state index is 0.123. The zero-order chi connectivity index (χ0) is 17.7. The number of carbonyl (C=O) groups excluding carboxylic acids is 2. The Kier molecular flexibility index (Phi) is 5.71. The number of ether oxygens (including phenoxy) is 1. The molecule has 0 aliphatic rings. The van der Waals surface area contributed by atoms with Gasteiger partial charge in [-0.25, -0.2) is 0 Å². The number of Topliss-reactive ketones (excluding diaryl/α,β-unsaturated/α-hetero) is 1. The number of aliphatic hydroxyl groups is 1. The summed E-state index contributed by atoms with van der Waals surface area (Å²) in [6.07, 6.45) is -1.43. The fourth-order valence-electron chi connectivity index (χ4n) is 2.13. The van der Waals surface area contributed by atoms with Gasteiger partial charge in [0.1, 0.15) is 17.3 Å². The van der Waals surface area contributed by atoms with Gasteiger partial charge in [-0.1, -0.05) is 44.2 Å². The van der Waals surface area contributed by atoms with Gasteiger partial charge in [-0.3, -0.25) is 9.59 Å². The molecule has 1 unspecified atom stereocenters. The Balaban J connectivity index is 2.10. The molecule has 0 aliphatic carbocycles. The first kappa shape index (κ1) is 17.7. The van der Waals surface area contributed by atoms with E-state index in [1.165, 1.54) is 18.2 Å². The van der Waals surface area contributed by atoms with Crippen molar-refractivity contribution in [3.05, 3.63) is 59.7 Å². The van der Waals surface area contributed by atoms with Crippen LogP contribution in [0.15, 0.2) is 48.5 Å². The zero-order valence-electron chi connectivity index (χ0n) is 13.6. The Labute approximate surface area is 140 Å². The van der Waals surface area contributed by atoms with Gasteiger partial charge in [-0.2, -0.15) is 0 Å². The summed E-state index contributed by atoms with van der Waals surface area (Å²) in [4.78, 5) is 23.9. The van der Waals surface area contributed by atoms with E-state index in [1.54, 1.807) is 44.2 Å². The first-order valence-corrected chi connectivity index (χ1v) is 7.68. The Morgan fingerprint density at radius 3 is 2.33 bits per heavy atom. The fraction of sp³-hybridized carbons (Fsp3) is 0.263. The third kappa shape index (κ3) is 4.43. The molecule has 126 valence electrons. The summed E-state index contributed by atoms with van der Waals surface area (Å²) in [6, 6.07) is 12.7. The Morgan fingerprint density at radius 1 is 1.08 bits per heavy atom. The molecule has 0 aromatic heterocycles. The predicted molar refractivity (Wildman–Crippen MR) is 89.1 cm³/mol. The van der Waals surface area contributed by atoms with Crippen molar-refractivity contribution < 1.29 is 24.5 Å². The number of benzene rings is 2. The van der Waals surface area contributed by atoms with Crippen LogP contribution in [0.5, 0.6) is 11.5 Å². The number of rotatable bonds is 7. The van der Waals surface area contributed by atoms with Gasteiger partial charge in [0.15, 0.2) is 5.78 Å². The molecule has 0 spiro atoms. The summed E-state index contributed by atoms with van der Waals surface area (Å²) < 4.78 is 5.22. The van der Waals surface area contributed by atoms with Crippen molar-refractivity contribution in [2.45, 2.75) is 26.6 Å². The fourth-order valence-corrected chi connectivity index (χ4v) is 2.13. The molecule has 2 aromatic carbocycles. The number of hydrogen-bond acceptors (Lipinski definition) is 5. The number of phenolic OH excluding ortho intramolecular Hbond substituents is 1. The van der Waals surface area contributed by atoms with Gasteiger partial charge in [-0.05, 0) is 12.1 Å². The maximum absolute atomic E-state index is 12.3. The number of phenols is 1. The highest BCUT2D eigenvalue weighted by Gasteiger charge is 2.17. The Bertz CT molecular complexity index is 722. The van der Waals surface area contributed by atoms with Gasteiger partial charge in [0.25, 0.3) is 0 Å². The number of aliphatic hydroxyl groups excluding tert-OH is 1. The van der Waals surface area contributed by atoms with E-state index in [-0.39, 0.29) is 41.0 Å². The maximum Gasteiger partial charge on any atom is 0.204 e. The van der Waals surface area contributed by atoms with Crippen LogP contribution in [0.4, 0.5) is 0 Å². The lowest BCUT2D eigenvalue weighted by Crippen LogP contribution is -2.22. The average molecular weight is 328 g/mol. The smallest absolute Gasteiger partial charge is 0.204 e. The monoisotopic (exact) mass is 328 g/mol. The molecule has 0 fully saturated rings. The van der Waals surface area contributed by atoms with E-state index in [9.17, 15) is 19.8 Å². The summed E-state index contributed by atoms with van der Waals surface area (Å²) >= 11 is 0. The van der Waals surface area contributed by atoms with Crippen LogP contribution in [0.3, 0.4) is 0 Å². The summed E-state index contributed by atoms with van der Waals surface area (Å²) in [5.74, 6) is -0.690. The highest BCUT2D eigenvalue weighted by Crippen LogP contribution is 2.26. The Hall–Kier alpha value is -2.66. The first-order chi connectivity index (χ1) is 11.4. The van der Waals surface area contributed by atoms with Gasteiger partial charge < -0.3 is 14.9 Å². The van der Waals surface area contributed by atoms with E-state index < -0.39 is 6.29 Å². The summed E-state index contributed by atoms with van der Waals surface area (Å²) in [5.41, 5.74) is 0.602. The minimum Gasteiger partial charge on any atom is -0.507 e. The highest BCUT2D eigenvalue weighted by atomic mass is 16.6. The molecule has 0 amide bonds. The van der Waals surface area contributed by atoms with Gasteiger partial charge in [0, 0.05) is 17.5 Å². The van der Waals surface area contributed by atoms with Crippen LogP contribution in [0.2, 0.25) is 0 Å². The number of ketones is 2. The highest BCUT2D eigenvalue weighted by molar-refractivity contribution is 6.10. The molecular formula is C19H20O5. The van der Waals surface area contributed by atoms with Crippen molar-refractivity contribution in [2.75, 3.05) is 0 Å². The SMILES string of the molecule is CC(C)C(=O)CC(O)Oc1ccc(C(=O)c2ccccc2)c(O)c1. The summed E-state index contributed by atoms with van der Waals surface area (Å²) in [6.45, 7) is 3.48. The zero-order valence-corrected chi connectivity index (χ0v) is 13.6. The molecule has 0 radical (unpaired) electrons. The largest absolute Gasteiger partial charge is 0.507 e. The molecule has 2 rings (SSSR count). The lowest BCUT2D eigenvalue weighted by Gasteiger charge is -2.15. The van der Waals surface area contributed by atoms with E-state index in [4.69, 9.17) is 4.74 Å². The van der Waals surface area contributed by atoms with Gasteiger partial charge in [0.2, 0.25) is 6.29 Å². The van der Waals surface area contributed by atoms with Crippen molar-refractivity contribution in [3.8, 4) is 11.5 Å². The number of carbonyl (C=O) groups is 2. The second-order valence-corrected chi connectivity index (χ2v) is 5.77. The van der Waals surface area contributed by atoms with Gasteiger partial charge in [-0.15, -0.1) is 0 Å². The molecule has 5 heteroatoms. The molecule has 2 N–H and O–H groups in total. The molecule has 0 heterocycles. The van der Waals surface area contributed by atoms with Crippen molar-refractivity contribution in [3.63, 3.8) is 0 Å². The second kappa shape index (κ2) is 7.75. The third-order valence-electron chi connectivity index (χ3n) is 3.54. The van der Waals surface area contributed by atoms with E-state index in [0.29, 0.717) is 5.56 Å². The molecule has 0 saturated heterocycles. The lowest BCUT2D eigenvalue weighted by molar-refractivity contribution is -0.128. The van der Waals surface area contributed by atoms with Crippen LogP contribution < -0.4 is 4.74 Å². The third-order valence-corrected chi connectivity index (χ3v) is 3.54. The first-order valence-electron chi connectivity index (χ1n) is 7.68. The minimum atomic E-state index is -1.30. The standard InChI is InChI=1S/C19H20O5/c1-12(2)16(20)11-18(22)24-14-8-9-15(17(21)10-14)19(23)13-6-4-3-5-7-13/h3-10,12,18,21-22H,11H2,1-2H3.